The molecule has 2 rings (SSSR count). The number of amides is 1. The Morgan fingerprint density at radius 3 is 2.48 bits per heavy atom. The maximum absolute atomic E-state index is 12.1. The quantitative estimate of drug-likeness (QED) is 0.840. The number of carbonyl (C=O) groups is 1. The largest absolute Gasteiger partial charge is 0.497 e. The fourth-order valence-corrected chi connectivity index (χ4v) is 2.96. The maximum Gasteiger partial charge on any atom is 0.242 e. The van der Waals surface area contributed by atoms with Crippen molar-refractivity contribution in [2.45, 2.75) is 44.2 Å². The second kappa shape index (κ2) is 6.35. The van der Waals surface area contributed by atoms with Crippen molar-refractivity contribution in [2.75, 3.05) is 14.2 Å². The average molecular weight is 292 g/mol. The van der Waals surface area contributed by atoms with Crippen LogP contribution >= 0.6 is 0 Å². The van der Waals surface area contributed by atoms with Crippen molar-refractivity contribution in [2.24, 2.45) is 5.73 Å². The predicted molar refractivity (Wildman–Crippen MR) is 81.5 cm³/mol. The zero-order valence-corrected chi connectivity index (χ0v) is 12.9. The number of rotatable bonds is 6. The van der Waals surface area contributed by atoms with Gasteiger partial charge in [-0.1, -0.05) is 12.8 Å². The molecule has 21 heavy (non-hydrogen) atoms. The van der Waals surface area contributed by atoms with Crippen molar-refractivity contribution in [1.29, 1.82) is 0 Å². The number of carbonyl (C=O) groups excluding carboxylic acids is 1. The zero-order chi connectivity index (χ0) is 15.5. The van der Waals surface area contributed by atoms with Crippen molar-refractivity contribution in [3.05, 3.63) is 23.8 Å². The standard InChI is InChI=1S/C16H24N2O3/c1-16(15(17)19,18-11-6-4-5-7-11)13-10-12(20-2)8-9-14(13)21-3/h8-11,18H,4-7H2,1-3H3,(H2,17,19). The first-order chi connectivity index (χ1) is 10.0. The zero-order valence-electron chi connectivity index (χ0n) is 12.9. The van der Waals surface area contributed by atoms with Gasteiger partial charge in [-0.25, -0.2) is 0 Å². The third kappa shape index (κ3) is 3.13. The van der Waals surface area contributed by atoms with Gasteiger partial charge < -0.3 is 15.2 Å². The Balaban J connectivity index is 2.42. The SMILES string of the molecule is COc1ccc(OC)c(C(C)(NC2CCCC2)C(N)=O)c1. The Bertz CT molecular complexity index is 512. The van der Waals surface area contributed by atoms with Crippen LogP contribution in [0.15, 0.2) is 18.2 Å². The van der Waals surface area contributed by atoms with Gasteiger partial charge in [0.05, 0.1) is 14.2 Å². The second-order valence-electron chi connectivity index (χ2n) is 5.68. The van der Waals surface area contributed by atoms with Crippen LogP contribution in [0.25, 0.3) is 0 Å². The Labute approximate surface area is 125 Å². The molecular formula is C16H24N2O3. The van der Waals surface area contributed by atoms with E-state index in [0.29, 0.717) is 23.1 Å². The van der Waals surface area contributed by atoms with E-state index in [0.717, 1.165) is 12.8 Å². The molecule has 1 aromatic carbocycles. The monoisotopic (exact) mass is 292 g/mol. The molecule has 0 bridgehead atoms. The summed E-state index contributed by atoms with van der Waals surface area (Å²) in [4.78, 5) is 12.1. The third-order valence-corrected chi connectivity index (χ3v) is 4.29. The van der Waals surface area contributed by atoms with Gasteiger partial charge in [-0.05, 0) is 38.0 Å². The van der Waals surface area contributed by atoms with E-state index in [2.05, 4.69) is 5.32 Å². The Morgan fingerprint density at radius 1 is 1.29 bits per heavy atom. The summed E-state index contributed by atoms with van der Waals surface area (Å²) in [7, 11) is 3.18. The van der Waals surface area contributed by atoms with E-state index in [1.54, 1.807) is 26.4 Å². The van der Waals surface area contributed by atoms with Gasteiger partial charge in [0.25, 0.3) is 0 Å². The van der Waals surface area contributed by atoms with E-state index in [9.17, 15) is 4.79 Å². The summed E-state index contributed by atoms with van der Waals surface area (Å²) >= 11 is 0. The van der Waals surface area contributed by atoms with E-state index in [-0.39, 0.29) is 0 Å². The van der Waals surface area contributed by atoms with E-state index in [4.69, 9.17) is 15.2 Å². The Kier molecular flexibility index (Phi) is 4.73. The van der Waals surface area contributed by atoms with E-state index >= 15 is 0 Å². The van der Waals surface area contributed by atoms with E-state index < -0.39 is 11.4 Å². The lowest BCUT2D eigenvalue weighted by Gasteiger charge is -2.32. The molecule has 3 N–H and O–H groups in total. The molecule has 1 fully saturated rings. The van der Waals surface area contributed by atoms with Gasteiger partial charge in [-0.15, -0.1) is 0 Å². The van der Waals surface area contributed by atoms with Crippen LogP contribution in [0, 0.1) is 0 Å². The van der Waals surface area contributed by atoms with Crippen LogP contribution in [0.1, 0.15) is 38.2 Å². The molecule has 1 saturated carbocycles. The van der Waals surface area contributed by atoms with Crippen molar-refractivity contribution in [3.63, 3.8) is 0 Å². The van der Waals surface area contributed by atoms with Crippen molar-refractivity contribution < 1.29 is 14.3 Å². The van der Waals surface area contributed by atoms with Gasteiger partial charge in [-0.2, -0.15) is 0 Å². The molecule has 1 aliphatic rings. The van der Waals surface area contributed by atoms with Gasteiger partial charge in [0, 0.05) is 11.6 Å². The molecule has 1 amide bonds. The van der Waals surface area contributed by atoms with E-state index in [1.165, 1.54) is 12.8 Å². The topological polar surface area (TPSA) is 73.6 Å². The maximum atomic E-state index is 12.1. The molecule has 116 valence electrons. The summed E-state index contributed by atoms with van der Waals surface area (Å²) < 4.78 is 10.7. The molecule has 1 aromatic rings. The molecule has 5 heteroatoms. The number of hydrogen-bond donors (Lipinski definition) is 2. The fraction of sp³-hybridized carbons (Fsp3) is 0.562. The highest BCUT2D eigenvalue weighted by Crippen LogP contribution is 2.35. The number of methoxy groups -OCH3 is 2. The third-order valence-electron chi connectivity index (χ3n) is 4.29. The smallest absolute Gasteiger partial charge is 0.242 e. The van der Waals surface area contributed by atoms with Crippen LogP contribution in [0.5, 0.6) is 11.5 Å². The molecule has 0 aromatic heterocycles. The highest BCUT2D eigenvalue weighted by molar-refractivity contribution is 5.86. The van der Waals surface area contributed by atoms with Gasteiger partial charge in [-0.3, -0.25) is 10.1 Å². The van der Waals surface area contributed by atoms with Crippen LogP contribution in [-0.4, -0.2) is 26.2 Å². The van der Waals surface area contributed by atoms with Crippen LogP contribution in [0.2, 0.25) is 0 Å². The molecular weight excluding hydrogens is 268 g/mol. The van der Waals surface area contributed by atoms with Crippen molar-refractivity contribution >= 4 is 5.91 Å². The summed E-state index contributed by atoms with van der Waals surface area (Å²) in [5.41, 5.74) is 5.43. The highest BCUT2D eigenvalue weighted by Gasteiger charge is 2.38. The minimum atomic E-state index is -0.977. The van der Waals surface area contributed by atoms with Crippen molar-refractivity contribution in [1.82, 2.24) is 5.32 Å². The summed E-state index contributed by atoms with van der Waals surface area (Å²) in [6.07, 6.45) is 4.49. The molecule has 1 aliphatic carbocycles. The molecule has 0 spiro atoms. The molecule has 5 nitrogen and oxygen atoms in total. The lowest BCUT2D eigenvalue weighted by atomic mass is 9.88. The van der Waals surface area contributed by atoms with Crippen molar-refractivity contribution in [3.8, 4) is 11.5 Å². The number of nitrogens with two attached hydrogens (primary N) is 1. The lowest BCUT2D eigenvalue weighted by Crippen LogP contribution is -2.53. The summed E-state index contributed by atoms with van der Waals surface area (Å²) in [6.45, 7) is 1.81. The Hall–Kier alpha value is -1.75. The first-order valence-corrected chi connectivity index (χ1v) is 7.31. The number of nitrogens with one attached hydrogen (secondary N) is 1. The normalized spacial score (nSPS) is 18.2. The first-order valence-electron chi connectivity index (χ1n) is 7.31. The average Bonchev–Trinajstić information content (AvgIpc) is 2.98. The van der Waals surface area contributed by atoms with Gasteiger partial charge in [0.2, 0.25) is 5.91 Å². The molecule has 0 heterocycles. The molecule has 0 radical (unpaired) electrons. The molecule has 0 aliphatic heterocycles. The molecule has 0 saturated heterocycles. The minimum Gasteiger partial charge on any atom is -0.497 e. The van der Waals surface area contributed by atoms with Crippen LogP contribution in [0.4, 0.5) is 0 Å². The summed E-state index contributed by atoms with van der Waals surface area (Å²) in [5.74, 6) is 0.884. The number of benzene rings is 1. The first kappa shape index (κ1) is 15.6. The lowest BCUT2D eigenvalue weighted by molar-refractivity contribution is -0.124. The van der Waals surface area contributed by atoms with Crippen LogP contribution in [0.3, 0.4) is 0 Å². The highest BCUT2D eigenvalue weighted by atomic mass is 16.5. The van der Waals surface area contributed by atoms with Gasteiger partial charge in [0.15, 0.2) is 0 Å². The Morgan fingerprint density at radius 2 is 1.95 bits per heavy atom. The van der Waals surface area contributed by atoms with Gasteiger partial charge >= 0.3 is 0 Å². The molecule has 1 atom stereocenters. The minimum absolute atomic E-state index is 0.304. The van der Waals surface area contributed by atoms with Crippen LogP contribution in [-0.2, 0) is 10.3 Å². The second-order valence-corrected chi connectivity index (χ2v) is 5.68. The fourth-order valence-electron chi connectivity index (χ4n) is 2.96. The summed E-state index contributed by atoms with van der Waals surface area (Å²) in [5, 5.41) is 3.42. The molecule has 1 unspecified atom stereocenters. The number of primary amides is 1. The number of ether oxygens (including phenoxy) is 2. The van der Waals surface area contributed by atoms with E-state index in [1.807, 2.05) is 13.0 Å². The van der Waals surface area contributed by atoms with Gasteiger partial charge in [0.1, 0.15) is 17.0 Å². The predicted octanol–water partition coefficient (Wildman–Crippen LogP) is 1.94. The number of hydrogen-bond acceptors (Lipinski definition) is 4. The van der Waals surface area contributed by atoms with Crippen LogP contribution < -0.4 is 20.5 Å². The summed E-state index contributed by atoms with van der Waals surface area (Å²) in [6, 6.07) is 5.72.